The Morgan fingerprint density at radius 2 is 1.90 bits per heavy atom. The van der Waals surface area contributed by atoms with E-state index in [4.69, 9.17) is 10.7 Å². The van der Waals surface area contributed by atoms with Gasteiger partial charge in [-0.3, -0.25) is 4.79 Å². The fraction of sp³-hybridized carbons (Fsp3) is 0.462. The highest BCUT2D eigenvalue weighted by molar-refractivity contribution is 8.13. The van der Waals surface area contributed by atoms with E-state index in [9.17, 15) is 17.6 Å². The first-order chi connectivity index (χ1) is 8.92. The van der Waals surface area contributed by atoms with E-state index in [-0.39, 0.29) is 21.4 Å². The summed E-state index contributed by atoms with van der Waals surface area (Å²) in [5.74, 6) is -1.45. The zero-order chi connectivity index (χ0) is 15.7. The number of carbonyl (C=O) groups is 1. The Labute approximate surface area is 122 Å². The summed E-state index contributed by atoms with van der Waals surface area (Å²) in [4.78, 5) is 11.7. The van der Waals surface area contributed by atoms with Crippen LogP contribution in [0.4, 0.5) is 4.39 Å². The van der Waals surface area contributed by atoms with Crippen molar-refractivity contribution in [3.05, 3.63) is 29.1 Å². The number of aryl methyl sites for hydroxylation is 1. The van der Waals surface area contributed by atoms with Gasteiger partial charge >= 0.3 is 0 Å². The number of hydrogen-bond acceptors (Lipinski definition) is 3. The maximum atomic E-state index is 13.8. The number of hydrogen-bond donors (Lipinski definition) is 1. The molecule has 1 rings (SSSR count). The van der Waals surface area contributed by atoms with E-state index in [1.807, 2.05) is 20.8 Å². The van der Waals surface area contributed by atoms with Crippen molar-refractivity contribution in [2.45, 2.75) is 32.6 Å². The standard InChI is InChI=1S/C13H17ClFNO3S/c1-8-5-10(15)9(6-11(8)20(14,18)19)12(17)16-7-13(2,3)4/h5-6H,7H2,1-4H3,(H,16,17). The van der Waals surface area contributed by atoms with Crippen molar-refractivity contribution in [3.8, 4) is 0 Å². The third-order valence-electron chi connectivity index (χ3n) is 2.55. The lowest BCUT2D eigenvalue weighted by atomic mass is 9.97. The largest absolute Gasteiger partial charge is 0.351 e. The lowest BCUT2D eigenvalue weighted by Gasteiger charge is -2.19. The molecular weight excluding hydrogens is 305 g/mol. The highest BCUT2D eigenvalue weighted by Crippen LogP contribution is 2.23. The van der Waals surface area contributed by atoms with Crippen LogP contribution in [0, 0.1) is 18.2 Å². The normalized spacial score (nSPS) is 12.3. The Balaban J connectivity index is 3.16. The Morgan fingerprint density at radius 1 is 1.35 bits per heavy atom. The SMILES string of the molecule is Cc1cc(F)c(C(=O)NCC(C)(C)C)cc1S(=O)(=O)Cl. The Kier molecular flexibility index (Phi) is 4.82. The fourth-order valence-corrected chi connectivity index (χ4v) is 2.73. The molecule has 0 unspecified atom stereocenters. The van der Waals surface area contributed by atoms with E-state index in [0.29, 0.717) is 6.54 Å². The van der Waals surface area contributed by atoms with Crippen molar-refractivity contribution >= 4 is 25.6 Å². The van der Waals surface area contributed by atoms with Crippen molar-refractivity contribution < 1.29 is 17.6 Å². The van der Waals surface area contributed by atoms with Crippen LogP contribution in [0.3, 0.4) is 0 Å². The number of benzene rings is 1. The molecule has 0 atom stereocenters. The fourth-order valence-electron chi connectivity index (χ4n) is 1.53. The molecule has 0 heterocycles. The van der Waals surface area contributed by atoms with Gasteiger partial charge in [-0.25, -0.2) is 12.8 Å². The molecule has 0 fully saturated rings. The smallest absolute Gasteiger partial charge is 0.261 e. The molecule has 1 amide bonds. The van der Waals surface area contributed by atoms with Gasteiger partial charge in [0.05, 0.1) is 10.5 Å². The average Bonchev–Trinajstić information content (AvgIpc) is 2.23. The lowest BCUT2D eigenvalue weighted by Crippen LogP contribution is -2.32. The van der Waals surface area contributed by atoms with Crippen LogP contribution in [0.1, 0.15) is 36.7 Å². The average molecular weight is 322 g/mol. The quantitative estimate of drug-likeness (QED) is 0.871. The summed E-state index contributed by atoms with van der Waals surface area (Å²) in [6.07, 6.45) is 0. The van der Waals surface area contributed by atoms with Crippen molar-refractivity contribution in [3.63, 3.8) is 0 Å². The number of rotatable bonds is 3. The molecule has 0 aliphatic heterocycles. The van der Waals surface area contributed by atoms with Crippen LogP contribution in [0.15, 0.2) is 17.0 Å². The molecule has 1 aromatic rings. The molecule has 0 aromatic heterocycles. The summed E-state index contributed by atoms with van der Waals surface area (Å²) < 4.78 is 36.5. The van der Waals surface area contributed by atoms with Gasteiger partial charge in [0.1, 0.15) is 5.82 Å². The number of amides is 1. The molecule has 0 bridgehead atoms. The molecule has 0 saturated heterocycles. The Morgan fingerprint density at radius 3 is 2.35 bits per heavy atom. The van der Waals surface area contributed by atoms with Crippen molar-refractivity contribution in [1.29, 1.82) is 0 Å². The van der Waals surface area contributed by atoms with Crippen LogP contribution >= 0.6 is 10.7 Å². The van der Waals surface area contributed by atoms with E-state index in [0.717, 1.165) is 12.1 Å². The molecule has 0 spiro atoms. The number of halogens is 2. The molecule has 20 heavy (non-hydrogen) atoms. The van der Waals surface area contributed by atoms with E-state index in [1.165, 1.54) is 6.92 Å². The molecule has 0 radical (unpaired) electrons. The summed E-state index contributed by atoms with van der Waals surface area (Å²) >= 11 is 0. The Hall–Kier alpha value is -1.14. The number of carbonyl (C=O) groups excluding carboxylic acids is 1. The first-order valence-corrected chi connectivity index (χ1v) is 8.26. The van der Waals surface area contributed by atoms with Gasteiger partial charge < -0.3 is 5.32 Å². The predicted octanol–water partition coefficient (Wildman–Crippen LogP) is 2.84. The van der Waals surface area contributed by atoms with Crippen molar-refractivity contribution in [2.24, 2.45) is 5.41 Å². The van der Waals surface area contributed by atoms with Gasteiger partial charge in [0, 0.05) is 17.2 Å². The predicted molar refractivity (Wildman–Crippen MR) is 76.0 cm³/mol. The highest BCUT2D eigenvalue weighted by atomic mass is 35.7. The van der Waals surface area contributed by atoms with Crippen LogP contribution in [-0.4, -0.2) is 20.9 Å². The van der Waals surface area contributed by atoms with Crippen molar-refractivity contribution in [1.82, 2.24) is 5.32 Å². The van der Waals surface area contributed by atoms with E-state index in [1.54, 1.807) is 0 Å². The molecular formula is C13H17ClFNO3S. The van der Waals surface area contributed by atoms with E-state index >= 15 is 0 Å². The molecule has 0 aliphatic rings. The van der Waals surface area contributed by atoms with Crippen LogP contribution in [-0.2, 0) is 9.05 Å². The molecule has 0 saturated carbocycles. The molecule has 0 aliphatic carbocycles. The van der Waals surface area contributed by atoms with Crippen LogP contribution in [0.25, 0.3) is 0 Å². The van der Waals surface area contributed by atoms with Crippen molar-refractivity contribution in [2.75, 3.05) is 6.54 Å². The van der Waals surface area contributed by atoms with Gasteiger partial charge in [0.15, 0.2) is 0 Å². The molecule has 4 nitrogen and oxygen atoms in total. The van der Waals surface area contributed by atoms with Gasteiger partial charge in [0.2, 0.25) is 0 Å². The van der Waals surface area contributed by atoms with E-state index in [2.05, 4.69) is 5.32 Å². The summed E-state index contributed by atoms with van der Waals surface area (Å²) in [5.41, 5.74) is -0.345. The molecule has 7 heteroatoms. The minimum absolute atomic E-state index is 0.157. The molecule has 112 valence electrons. The van der Waals surface area contributed by atoms with Gasteiger partial charge in [-0.15, -0.1) is 0 Å². The summed E-state index contributed by atoms with van der Waals surface area (Å²) in [6, 6.07) is 1.95. The van der Waals surface area contributed by atoms with Gasteiger partial charge in [-0.2, -0.15) is 0 Å². The molecule has 1 aromatic carbocycles. The third-order valence-corrected chi connectivity index (χ3v) is 4.02. The van der Waals surface area contributed by atoms with Crippen LogP contribution in [0.2, 0.25) is 0 Å². The topological polar surface area (TPSA) is 63.2 Å². The second-order valence-corrected chi connectivity index (χ2v) is 8.31. The summed E-state index contributed by atoms with van der Waals surface area (Å²) in [7, 11) is 1.24. The monoisotopic (exact) mass is 321 g/mol. The number of nitrogens with one attached hydrogen (secondary N) is 1. The van der Waals surface area contributed by atoms with Crippen LogP contribution < -0.4 is 5.32 Å². The first-order valence-electron chi connectivity index (χ1n) is 5.95. The summed E-state index contributed by atoms with van der Waals surface area (Å²) in [6.45, 7) is 7.48. The first kappa shape index (κ1) is 16.9. The highest BCUT2D eigenvalue weighted by Gasteiger charge is 2.21. The zero-order valence-corrected chi connectivity index (χ0v) is 13.3. The van der Waals surface area contributed by atoms with Gasteiger partial charge in [-0.1, -0.05) is 20.8 Å². The van der Waals surface area contributed by atoms with E-state index < -0.39 is 20.8 Å². The maximum Gasteiger partial charge on any atom is 0.261 e. The minimum Gasteiger partial charge on any atom is -0.351 e. The zero-order valence-electron chi connectivity index (χ0n) is 11.8. The lowest BCUT2D eigenvalue weighted by molar-refractivity contribution is 0.0935. The van der Waals surface area contributed by atoms with Gasteiger partial charge in [0.25, 0.3) is 15.0 Å². The third kappa shape index (κ3) is 4.45. The maximum absolute atomic E-state index is 13.8. The second kappa shape index (κ2) is 5.69. The minimum atomic E-state index is -4.02. The van der Waals surface area contributed by atoms with Gasteiger partial charge in [-0.05, 0) is 30.0 Å². The van der Waals surface area contributed by atoms with Crippen LogP contribution in [0.5, 0.6) is 0 Å². The summed E-state index contributed by atoms with van der Waals surface area (Å²) in [5, 5.41) is 2.56. The molecule has 1 N–H and O–H groups in total. The second-order valence-electron chi connectivity index (χ2n) is 5.78. The Bertz CT molecular complexity index is 636.